The summed E-state index contributed by atoms with van der Waals surface area (Å²) in [6, 6.07) is 26.9. The second-order valence-electron chi connectivity index (χ2n) is 7.06. The smallest absolute Gasteiger partial charge is 0.129 e. The van der Waals surface area contributed by atoms with Gasteiger partial charge in [-0.15, -0.1) is 12.4 Å². The molecule has 0 fully saturated rings. The van der Waals surface area contributed by atoms with Crippen molar-refractivity contribution in [2.24, 2.45) is 0 Å². The number of ether oxygens (including phenoxy) is 2. The summed E-state index contributed by atoms with van der Waals surface area (Å²) in [5.41, 5.74) is 2.69. The van der Waals surface area contributed by atoms with E-state index < -0.39 is 0 Å². The van der Waals surface area contributed by atoms with Gasteiger partial charge in [-0.05, 0) is 29.0 Å². The first-order valence-corrected chi connectivity index (χ1v) is 9.95. The number of fused-ring (bicyclic) bond motifs is 1. The van der Waals surface area contributed by atoms with Crippen LogP contribution in [0.25, 0.3) is 10.8 Å². The van der Waals surface area contributed by atoms with Gasteiger partial charge < -0.3 is 14.8 Å². The van der Waals surface area contributed by atoms with E-state index in [2.05, 4.69) is 17.4 Å². The van der Waals surface area contributed by atoms with Crippen molar-refractivity contribution in [3.05, 3.63) is 107 Å². The summed E-state index contributed by atoms with van der Waals surface area (Å²) in [6.45, 7) is 1.47. The van der Waals surface area contributed by atoms with Crippen LogP contribution in [0, 0.1) is 5.82 Å². The van der Waals surface area contributed by atoms with E-state index in [1.807, 2.05) is 54.6 Å². The van der Waals surface area contributed by atoms with Crippen LogP contribution in [0.15, 0.2) is 84.9 Å². The van der Waals surface area contributed by atoms with E-state index >= 15 is 0 Å². The zero-order valence-corrected chi connectivity index (χ0v) is 18.1. The topological polar surface area (TPSA) is 30.5 Å². The van der Waals surface area contributed by atoms with E-state index in [0.29, 0.717) is 18.7 Å². The van der Waals surface area contributed by atoms with Crippen molar-refractivity contribution in [3.8, 4) is 11.5 Å². The molecule has 4 rings (SSSR count). The minimum absolute atomic E-state index is 0. The predicted octanol–water partition coefficient (Wildman–Crippen LogP) is 6.28. The fourth-order valence-electron chi connectivity index (χ4n) is 3.58. The molecule has 0 aromatic heterocycles. The molecule has 160 valence electrons. The Bertz CT molecular complexity index is 1150. The quantitative estimate of drug-likeness (QED) is 0.352. The van der Waals surface area contributed by atoms with Crippen LogP contribution in [0.2, 0.25) is 0 Å². The third-order valence-corrected chi connectivity index (χ3v) is 5.15. The molecule has 0 aliphatic carbocycles. The van der Waals surface area contributed by atoms with Gasteiger partial charge >= 0.3 is 0 Å². The van der Waals surface area contributed by atoms with Crippen molar-refractivity contribution in [1.82, 2.24) is 5.32 Å². The number of hydrogen-bond acceptors (Lipinski definition) is 3. The van der Waals surface area contributed by atoms with Gasteiger partial charge in [0.1, 0.15) is 23.9 Å². The first kappa shape index (κ1) is 22.6. The van der Waals surface area contributed by atoms with Crippen molar-refractivity contribution in [1.29, 1.82) is 0 Å². The second kappa shape index (κ2) is 10.8. The summed E-state index contributed by atoms with van der Waals surface area (Å²) >= 11 is 0. The van der Waals surface area contributed by atoms with Gasteiger partial charge in [-0.3, -0.25) is 0 Å². The van der Waals surface area contributed by atoms with E-state index in [0.717, 1.165) is 33.4 Å². The van der Waals surface area contributed by atoms with E-state index in [9.17, 15) is 4.39 Å². The maximum atomic E-state index is 14.0. The molecule has 4 aromatic rings. The average molecular weight is 438 g/mol. The zero-order valence-electron chi connectivity index (χ0n) is 17.3. The minimum Gasteiger partial charge on any atom is -0.496 e. The fraction of sp³-hybridized carbons (Fsp3) is 0.154. The van der Waals surface area contributed by atoms with Crippen LogP contribution < -0.4 is 14.8 Å². The maximum absolute atomic E-state index is 14.0. The Morgan fingerprint density at radius 1 is 0.742 bits per heavy atom. The average Bonchev–Trinajstić information content (AvgIpc) is 2.79. The minimum atomic E-state index is -0.255. The van der Waals surface area contributed by atoms with Crippen molar-refractivity contribution < 1.29 is 13.9 Å². The Morgan fingerprint density at radius 2 is 1.45 bits per heavy atom. The maximum Gasteiger partial charge on any atom is 0.129 e. The van der Waals surface area contributed by atoms with Crippen molar-refractivity contribution in [2.75, 3.05) is 7.11 Å². The normalized spacial score (nSPS) is 10.5. The summed E-state index contributed by atoms with van der Waals surface area (Å²) in [4.78, 5) is 0. The third-order valence-electron chi connectivity index (χ3n) is 5.15. The highest BCUT2D eigenvalue weighted by atomic mass is 35.5. The molecule has 0 saturated heterocycles. The van der Waals surface area contributed by atoms with Crippen LogP contribution in [0.3, 0.4) is 0 Å². The summed E-state index contributed by atoms with van der Waals surface area (Å²) in [7, 11) is 1.68. The Morgan fingerprint density at radius 3 is 2.26 bits per heavy atom. The van der Waals surface area contributed by atoms with E-state index in [1.54, 1.807) is 19.2 Å². The van der Waals surface area contributed by atoms with Gasteiger partial charge in [0.2, 0.25) is 0 Å². The van der Waals surface area contributed by atoms with Crippen molar-refractivity contribution >= 4 is 23.2 Å². The molecule has 0 amide bonds. The molecule has 0 aliphatic rings. The largest absolute Gasteiger partial charge is 0.496 e. The van der Waals surface area contributed by atoms with Crippen molar-refractivity contribution in [3.63, 3.8) is 0 Å². The number of methoxy groups -OCH3 is 1. The van der Waals surface area contributed by atoms with Gasteiger partial charge in [0.15, 0.2) is 0 Å². The van der Waals surface area contributed by atoms with Crippen LogP contribution in [-0.4, -0.2) is 7.11 Å². The number of nitrogens with one attached hydrogen (secondary N) is 1. The third kappa shape index (κ3) is 5.35. The van der Waals surface area contributed by atoms with E-state index in [1.165, 1.54) is 6.07 Å². The standard InChI is InChI=1S/C26H24FNO2.ClH/c1-29-25-13-7-4-9-20(25)16-28-17-23-22-11-5-2-8-19(22)14-15-26(23)30-18-21-10-3-6-12-24(21)27;/h2-15,28H,16-18H2,1H3;1H. The Labute approximate surface area is 188 Å². The molecule has 0 saturated carbocycles. The molecular weight excluding hydrogens is 413 g/mol. The first-order valence-electron chi connectivity index (χ1n) is 9.95. The molecule has 0 bridgehead atoms. The van der Waals surface area contributed by atoms with Crippen LogP contribution in [0.4, 0.5) is 4.39 Å². The lowest BCUT2D eigenvalue weighted by molar-refractivity contribution is 0.296. The molecule has 0 atom stereocenters. The zero-order chi connectivity index (χ0) is 20.8. The molecule has 0 aliphatic heterocycles. The van der Waals surface area contributed by atoms with Crippen LogP contribution in [0.5, 0.6) is 11.5 Å². The van der Waals surface area contributed by atoms with Gasteiger partial charge in [-0.2, -0.15) is 0 Å². The molecule has 3 nitrogen and oxygen atoms in total. The van der Waals surface area contributed by atoms with Crippen LogP contribution >= 0.6 is 12.4 Å². The van der Waals surface area contributed by atoms with Gasteiger partial charge in [0.25, 0.3) is 0 Å². The SMILES string of the molecule is COc1ccccc1CNCc1c(OCc2ccccc2F)ccc2ccccc12.Cl. The summed E-state index contributed by atoms with van der Waals surface area (Å²) in [5.74, 6) is 1.36. The number of hydrogen-bond donors (Lipinski definition) is 1. The Kier molecular flexibility index (Phi) is 7.88. The monoisotopic (exact) mass is 437 g/mol. The number of benzene rings is 4. The highest BCUT2D eigenvalue weighted by molar-refractivity contribution is 5.87. The molecule has 1 N–H and O–H groups in total. The summed E-state index contributed by atoms with van der Waals surface area (Å²) in [6.07, 6.45) is 0. The molecule has 0 radical (unpaired) electrons. The molecule has 0 spiro atoms. The summed E-state index contributed by atoms with van der Waals surface area (Å²) < 4.78 is 25.5. The fourth-order valence-corrected chi connectivity index (χ4v) is 3.58. The van der Waals surface area contributed by atoms with Gasteiger partial charge in [-0.1, -0.05) is 66.7 Å². The molecule has 31 heavy (non-hydrogen) atoms. The number of halogens is 2. The second-order valence-corrected chi connectivity index (χ2v) is 7.06. The van der Waals surface area contributed by atoms with Crippen molar-refractivity contribution in [2.45, 2.75) is 19.7 Å². The van der Waals surface area contributed by atoms with Gasteiger partial charge in [-0.25, -0.2) is 4.39 Å². The van der Waals surface area contributed by atoms with Crippen LogP contribution in [0.1, 0.15) is 16.7 Å². The molecule has 0 heterocycles. The van der Waals surface area contributed by atoms with Gasteiger partial charge in [0, 0.05) is 29.8 Å². The van der Waals surface area contributed by atoms with E-state index in [-0.39, 0.29) is 24.8 Å². The lowest BCUT2D eigenvalue weighted by atomic mass is 10.0. The Balaban J connectivity index is 0.00000272. The lowest BCUT2D eigenvalue weighted by Crippen LogP contribution is -2.15. The first-order chi connectivity index (χ1) is 14.8. The number of rotatable bonds is 8. The molecule has 5 heteroatoms. The molecule has 0 unspecified atom stereocenters. The van der Waals surface area contributed by atoms with Gasteiger partial charge in [0.05, 0.1) is 7.11 Å². The molecular formula is C26H25ClFNO2. The van der Waals surface area contributed by atoms with Crippen LogP contribution in [-0.2, 0) is 19.7 Å². The Hall–Kier alpha value is -3.08. The van der Waals surface area contributed by atoms with E-state index in [4.69, 9.17) is 9.47 Å². The highest BCUT2D eigenvalue weighted by Gasteiger charge is 2.11. The number of para-hydroxylation sites is 1. The lowest BCUT2D eigenvalue weighted by Gasteiger charge is -2.16. The predicted molar refractivity (Wildman–Crippen MR) is 125 cm³/mol. The highest BCUT2D eigenvalue weighted by Crippen LogP contribution is 2.29. The molecule has 4 aromatic carbocycles. The summed E-state index contributed by atoms with van der Waals surface area (Å²) in [5, 5.41) is 5.77.